The Balaban J connectivity index is 1.52. The zero-order valence-electron chi connectivity index (χ0n) is 16.5. The zero-order valence-corrected chi connectivity index (χ0v) is 18.8. The highest BCUT2D eigenvalue weighted by molar-refractivity contribution is 7.91. The van der Waals surface area contributed by atoms with Gasteiger partial charge in [0.2, 0.25) is 5.50 Å². The highest BCUT2D eigenvalue weighted by Gasteiger charge is 2.28. The van der Waals surface area contributed by atoms with E-state index in [0.29, 0.717) is 34.7 Å². The normalized spacial score (nSPS) is 19.0. The smallest absolute Gasteiger partial charge is 0.223 e. The quantitative estimate of drug-likeness (QED) is 0.575. The van der Waals surface area contributed by atoms with Crippen LogP contribution in [0.15, 0.2) is 59.4 Å². The molecule has 1 aliphatic carbocycles. The molecule has 0 spiro atoms. The monoisotopic (exact) mass is 464 g/mol. The molecule has 0 N–H and O–H groups in total. The standard InChI is InChI=1S/C22H22Cl2N2O3S/c1-30(27,28)22-25-13-20(29-19-4-2-3-17(11-19)15-5-6-15)14-26(22)10-9-16-7-8-18(23)12-21(16)24/h2-4,7-8,11-15,22H,5-6,9-10H2,1H3. The van der Waals surface area contributed by atoms with E-state index in [4.69, 9.17) is 27.9 Å². The van der Waals surface area contributed by atoms with E-state index in [-0.39, 0.29) is 0 Å². The van der Waals surface area contributed by atoms with E-state index in [1.807, 2.05) is 24.3 Å². The summed E-state index contributed by atoms with van der Waals surface area (Å²) in [6, 6.07) is 13.3. The molecule has 1 heterocycles. The number of halogens is 2. The van der Waals surface area contributed by atoms with Gasteiger partial charge in [-0.15, -0.1) is 0 Å². The second-order valence-electron chi connectivity index (χ2n) is 7.64. The van der Waals surface area contributed by atoms with Crippen molar-refractivity contribution in [1.82, 2.24) is 4.90 Å². The Bertz CT molecular complexity index is 1110. The van der Waals surface area contributed by atoms with Crippen molar-refractivity contribution in [3.63, 3.8) is 0 Å². The van der Waals surface area contributed by atoms with Crippen molar-refractivity contribution in [2.24, 2.45) is 4.99 Å². The number of nitrogens with zero attached hydrogens (tertiary/aromatic N) is 2. The Hall–Kier alpha value is -2.02. The molecule has 0 amide bonds. The van der Waals surface area contributed by atoms with Gasteiger partial charge in [-0.05, 0) is 60.6 Å². The fourth-order valence-corrected chi connectivity index (χ4v) is 4.87. The third kappa shape index (κ3) is 5.17. The summed E-state index contributed by atoms with van der Waals surface area (Å²) in [5.74, 6) is 1.83. The highest BCUT2D eigenvalue weighted by Crippen LogP contribution is 2.41. The Morgan fingerprint density at radius 1 is 1.17 bits per heavy atom. The first-order valence-electron chi connectivity index (χ1n) is 9.71. The SMILES string of the molecule is CS(=O)(=O)C1N=CC(Oc2cccc(C3CC3)c2)=CN1CCc1ccc(Cl)cc1Cl. The molecule has 158 valence electrons. The maximum Gasteiger partial charge on any atom is 0.223 e. The summed E-state index contributed by atoms with van der Waals surface area (Å²) in [5, 5.41) is 1.11. The van der Waals surface area contributed by atoms with Gasteiger partial charge in [0, 0.05) is 29.0 Å². The van der Waals surface area contributed by atoms with Crippen molar-refractivity contribution in [3.8, 4) is 5.75 Å². The zero-order chi connectivity index (χ0) is 21.3. The number of benzene rings is 2. The third-order valence-electron chi connectivity index (χ3n) is 5.09. The van der Waals surface area contributed by atoms with Gasteiger partial charge in [0.15, 0.2) is 15.6 Å². The molecular weight excluding hydrogens is 443 g/mol. The summed E-state index contributed by atoms with van der Waals surface area (Å²) in [5.41, 5.74) is 1.16. The van der Waals surface area contributed by atoms with Gasteiger partial charge >= 0.3 is 0 Å². The second kappa shape index (κ2) is 8.61. The first kappa shape index (κ1) is 21.2. The topological polar surface area (TPSA) is 59.0 Å². The Morgan fingerprint density at radius 2 is 1.97 bits per heavy atom. The van der Waals surface area contributed by atoms with Crippen molar-refractivity contribution in [3.05, 3.63) is 75.6 Å². The van der Waals surface area contributed by atoms with Crippen LogP contribution >= 0.6 is 23.2 Å². The first-order chi connectivity index (χ1) is 14.3. The van der Waals surface area contributed by atoms with Gasteiger partial charge in [0.05, 0.1) is 6.21 Å². The van der Waals surface area contributed by atoms with Crippen molar-refractivity contribution in [2.45, 2.75) is 30.7 Å². The van der Waals surface area contributed by atoms with Crippen LogP contribution in [0.2, 0.25) is 10.0 Å². The largest absolute Gasteiger partial charge is 0.454 e. The average molecular weight is 465 g/mol. The summed E-state index contributed by atoms with van der Waals surface area (Å²) < 4.78 is 30.5. The van der Waals surface area contributed by atoms with Gasteiger partial charge in [-0.2, -0.15) is 0 Å². The van der Waals surface area contributed by atoms with Gasteiger partial charge in [-0.3, -0.25) is 0 Å². The van der Waals surface area contributed by atoms with E-state index < -0.39 is 15.3 Å². The molecule has 0 aromatic heterocycles. The van der Waals surface area contributed by atoms with E-state index in [2.05, 4.69) is 11.1 Å². The fraction of sp³-hybridized carbons (Fsp3) is 0.318. The second-order valence-corrected chi connectivity index (χ2v) is 10.6. The molecular formula is C22H22Cl2N2O3S. The maximum atomic E-state index is 12.2. The fourth-order valence-electron chi connectivity index (χ4n) is 3.43. The summed E-state index contributed by atoms with van der Waals surface area (Å²) in [4.78, 5) is 5.91. The van der Waals surface area contributed by atoms with E-state index in [1.165, 1.54) is 30.9 Å². The van der Waals surface area contributed by atoms with Crippen molar-refractivity contribution in [1.29, 1.82) is 0 Å². The molecule has 1 fully saturated rings. The van der Waals surface area contributed by atoms with Crippen LogP contribution in [0.5, 0.6) is 5.75 Å². The molecule has 0 radical (unpaired) electrons. The molecule has 8 heteroatoms. The molecule has 2 aliphatic rings. The van der Waals surface area contributed by atoms with Crippen LogP contribution in [-0.2, 0) is 16.3 Å². The van der Waals surface area contributed by atoms with Crippen LogP contribution in [0.25, 0.3) is 0 Å². The number of hydrogen-bond donors (Lipinski definition) is 0. The summed E-state index contributed by atoms with van der Waals surface area (Å²) in [6.45, 7) is 0.408. The Labute approximate surface area is 186 Å². The molecule has 30 heavy (non-hydrogen) atoms. The molecule has 0 saturated heterocycles. The van der Waals surface area contributed by atoms with Gasteiger partial charge in [-0.1, -0.05) is 41.4 Å². The minimum absolute atomic E-state index is 0.408. The molecule has 1 saturated carbocycles. The van der Waals surface area contributed by atoms with Crippen LogP contribution in [0.1, 0.15) is 29.9 Å². The molecule has 1 aliphatic heterocycles. The van der Waals surface area contributed by atoms with Gasteiger partial charge in [0.25, 0.3) is 0 Å². The maximum absolute atomic E-state index is 12.2. The lowest BCUT2D eigenvalue weighted by Crippen LogP contribution is -2.39. The molecule has 2 aromatic rings. The molecule has 0 bridgehead atoms. The third-order valence-corrected chi connectivity index (χ3v) is 6.83. The number of sulfone groups is 1. The number of hydrogen-bond acceptors (Lipinski definition) is 5. The lowest BCUT2D eigenvalue weighted by molar-refractivity contribution is 0.323. The van der Waals surface area contributed by atoms with Gasteiger partial charge in [-0.25, -0.2) is 13.4 Å². The summed E-state index contributed by atoms with van der Waals surface area (Å²) in [7, 11) is -3.43. The molecule has 1 atom stereocenters. The lowest BCUT2D eigenvalue weighted by atomic mass is 10.1. The molecule has 4 rings (SSSR count). The van der Waals surface area contributed by atoms with E-state index in [1.54, 1.807) is 23.2 Å². The predicted octanol–water partition coefficient (Wildman–Crippen LogP) is 5.05. The number of aliphatic imine (C=N–C) groups is 1. The van der Waals surface area contributed by atoms with E-state index in [9.17, 15) is 8.42 Å². The summed E-state index contributed by atoms with van der Waals surface area (Å²) >= 11 is 12.2. The Kier molecular flexibility index (Phi) is 6.09. The predicted molar refractivity (Wildman–Crippen MR) is 121 cm³/mol. The minimum atomic E-state index is -3.43. The molecule has 2 aromatic carbocycles. The van der Waals surface area contributed by atoms with Crippen LogP contribution < -0.4 is 4.74 Å². The number of rotatable bonds is 7. The van der Waals surface area contributed by atoms with E-state index in [0.717, 1.165) is 11.3 Å². The summed E-state index contributed by atoms with van der Waals surface area (Å²) in [6.07, 6.45) is 7.32. The van der Waals surface area contributed by atoms with Crippen molar-refractivity contribution >= 4 is 39.3 Å². The number of allylic oxidation sites excluding steroid dienone is 1. The molecule has 1 unspecified atom stereocenters. The Morgan fingerprint density at radius 3 is 2.67 bits per heavy atom. The highest BCUT2D eigenvalue weighted by atomic mass is 35.5. The van der Waals surface area contributed by atoms with Crippen LogP contribution in [0.3, 0.4) is 0 Å². The van der Waals surface area contributed by atoms with Gasteiger partial charge in [0.1, 0.15) is 5.75 Å². The van der Waals surface area contributed by atoms with Crippen molar-refractivity contribution < 1.29 is 13.2 Å². The van der Waals surface area contributed by atoms with E-state index >= 15 is 0 Å². The van der Waals surface area contributed by atoms with Crippen LogP contribution in [-0.4, -0.2) is 37.8 Å². The first-order valence-corrected chi connectivity index (χ1v) is 12.4. The van der Waals surface area contributed by atoms with Crippen LogP contribution in [0, 0.1) is 0 Å². The van der Waals surface area contributed by atoms with Crippen LogP contribution in [0.4, 0.5) is 0 Å². The molecule has 5 nitrogen and oxygen atoms in total. The average Bonchev–Trinajstić information content (AvgIpc) is 3.52. The van der Waals surface area contributed by atoms with Crippen molar-refractivity contribution in [2.75, 3.05) is 12.8 Å². The number of ether oxygens (including phenoxy) is 1. The lowest BCUT2D eigenvalue weighted by Gasteiger charge is -2.29. The minimum Gasteiger partial charge on any atom is -0.454 e. The van der Waals surface area contributed by atoms with Gasteiger partial charge < -0.3 is 9.64 Å².